The highest BCUT2D eigenvalue weighted by molar-refractivity contribution is 8.00. The summed E-state index contributed by atoms with van der Waals surface area (Å²) in [5.41, 5.74) is 0.840. The first-order valence-electron chi connectivity index (χ1n) is 9.06. The topological polar surface area (TPSA) is 89.5 Å². The van der Waals surface area contributed by atoms with Crippen molar-refractivity contribution >= 4 is 17.7 Å². The number of ether oxygens (including phenoxy) is 1. The summed E-state index contributed by atoms with van der Waals surface area (Å²) in [6.07, 6.45) is 0. The molecule has 1 fully saturated rings. The summed E-state index contributed by atoms with van der Waals surface area (Å²) in [5.74, 6) is 7.61. The Balaban J connectivity index is 1.65. The molecule has 0 spiro atoms. The Kier molecular flexibility index (Phi) is 6.22. The number of nitrogens with zero attached hydrogens (tertiary/aromatic N) is 5. The number of nitrogen functional groups attached to an aromatic ring is 1. The molecule has 0 bridgehead atoms. The number of carbonyl (C=O) groups is 1. The van der Waals surface area contributed by atoms with Gasteiger partial charge in [0.1, 0.15) is 5.75 Å². The maximum absolute atomic E-state index is 12.7. The summed E-state index contributed by atoms with van der Waals surface area (Å²) in [7, 11) is 1.62. The van der Waals surface area contributed by atoms with E-state index in [0.717, 1.165) is 44.0 Å². The number of nitrogens with two attached hydrogens (primary N) is 1. The third kappa shape index (κ3) is 4.36. The van der Waals surface area contributed by atoms with Gasteiger partial charge in [-0.15, -0.1) is 10.2 Å². The van der Waals surface area contributed by atoms with E-state index < -0.39 is 0 Å². The lowest BCUT2D eigenvalue weighted by Crippen LogP contribution is -2.50. The number of methoxy groups -OCH3 is 1. The molecule has 1 aromatic carbocycles. The predicted molar refractivity (Wildman–Crippen MR) is 106 cm³/mol. The molecule has 2 heterocycles. The summed E-state index contributed by atoms with van der Waals surface area (Å²) >= 11 is 1.34. The Labute approximate surface area is 163 Å². The van der Waals surface area contributed by atoms with Crippen LogP contribution >= 0.6 is 11.8 Å². The van der Waals surface area contributed by atoms with E-state index in [1.54, 1.807) is 7.11 Å². The molecule has 2 aromatic rings. The average molecular weight is 391 g/mol. The minimum Gasteiger partial charge on any atom is -0.497 e. The van der Waals surface area contributed by atoms with E-state index in [1.165, 1.54) is 16.4 Å². The number of thioether (sulfide) groups is 1. The number of piperazine rings is 1. The molecule has 2 N–H and O–H groups in total. The fourth-order valence-corrected chi connectivity index (χ4v) is 3.90. The van der Waals surface area contributed by atoms with Crippen LogP contribution in [0.4, 0.5) is 0 Å². The molecular weight excluding hydrogens is 364 g/mol. The van der Waals surface area contributed by atoms with Crippen LogP contribution < -0.4 is 10.6 Å². The number of rotatable bonds is 6. The van der Waals surface area contributed by atoms with Crippen molar-refractivity contribution in [2.75, 3.05) is 45.7 Å². The van der Waals surface area contributed by atoms with E-state index in [1.807, 2.05) is 36.1 Å². The fourth-order valence-electron chi connectivity index (χ4n) is 3.04. The van der Waals surface area contributed by atoms with Crippen LogP contribution in [0.25, 0.3) is 11.4 Å². The average Bonchev–Trinajstić information content (AvgIpc) is 3.07. The number of carbonyl (C=O) groups excluding carboxylic acids is 1. The Hall–Kier alpha value is -2.26. The molecular formula is C18H26N6O2S. The maximum atomic E-state index is 12.7. The van der Waals surface area contributed by atoms with Crippen molar-refractivity contribution in [3.63, 3.8) is 0 Å². The van der Waals surface area contributed by atoms with Crippen LogP contribution in [0.15, 0.2) is 29.4 Å². The molecule has 1 aliphatic rings. The molecule has 0 radical (unpaired) electrons. The van der Waals surface area contributed by atoms with Crippen molar-refractivity contribution in [2.45, 2.75) is 24.3 Å². The maximum Gasteiger partial charge on any atom is 0.235 e. The van der Waals surface area contributed by atoms with Crippen molar-refractivity contribution in [3.05, 3.63) is 24.3 Å². The summed E-state index contributed by atoms with van der Waals surface area (Å²) in [4.78, 5) is 17.0. The summed E-state index contributed by atoms with van der Waals surface area (Å²) < 4.78 is 6.60. The van der Waals surface area contributed by atoms with E-state index in [2.05, 4.69) is 22.0 Å². The lowest BCUT2D eigenvalue weighted by molar-refractivity contribution is -0.132. The van der Waals surface area contributed by atoms with Crippen LogP contribution in [-0.2, 0) is 4.79 Å². The van der Waals surface area contributed by atoms with Gasteiger partial charge in [-0.05, 0) is 37.7 Å². The second kappa shape index (κ2) is 8.62. The number of likely N-dealkylation sites (N-methyl/N-ethyl adjacent to an activating group) is 1. The van der Waals surface area contributed by atoms with Gasteiger partial charge < -0.3 is 20.4 Å². The van der Waals surface area contributed by atoms with Crippen LogP contribution in [0.3, 0.4) is 0 Å². The first kappa shape index (κ1) is 19.5. The third-order valence-corrected chi connectivity index (χ3v) is 5.82. The number of aromatic nitrogens is 3. The molecule has 1 unspecified atom stereocenters. The van der Waals surface area contributed by atoms with Crippen LogP contribution in [0.1, 0.15) is 13.8 Å². The summed E-state index contributed by atoms with van der Waals surface area (Å²) in [6.45, 7) is 8.44. The minimum atomic E-state index is -0.270. The number of benzene rings is 1. The lowest BCUT2D eigenvalue weighted by Gasteiger charge is -2.35. The molecule has 146 valence electrons. The van der Waals surface area contributed by atoms with Gasteiger partial charge >= 0.3 is 0 Å². The van der Waals surface area contributed by atoms with Crippen molar-refractivity contribution in [2.24, 2.45) is 0 Å². The molecule has 27 heavy (non-hydrogen) atoms. The highest BCUT2D eigenvalue weighted by atomic mass is 32.2. The molecule has 9 heteroatoms. The molecule has 0 aliphatic carbocycles. The molecule has 1 aliphatic heterocycles. The van der Waals surface area contributed by atoms with Gasteiger partial charge in [0, 0.05) is 31.7 Å². The van der Waals surface area contributed by atoms with E-state index >= 15 is 0 Å². The van der Waals surface area contributed by atoms with Gasteiger partial charge in [0.2, 0.25) is 11.1 Å². The van der Waals surface area contributed by atoms with Crippen LogP contribution in [0.2, 0.25) is 0 Å². The number of hydrogen-bond donors (Lipinski definition) is 1. The smallest absolute Gasteiger partial charge is 0.235 e. The zero-order valence-corrected chi connectivity index (χ0v) is 16.8. The molecule has 1 saturated heterocycles. The standard InChI is InChI=1S/C18H26N6O2S/c1-4-22-9-11-23(12-10-22)17(25)13(2)27-18-21-20-16(24(18)19)14-5-7-15(26-3)8-6-14/h5-8,13H,4,9-12,19H2,1-3H3. The number of hydrogen-bond acceptors (Lipinski definition) is 7. The van der Waals surface area contributed by atoms with Gasteiger partial charge in [0.05, 0.1) is 12.4 Å². The van der Waals surface area contributed by atoms with Crippen molar-refractivity contribution in [1.29, 1.82) is 0 Å². The van der Waals surface area contributed by atoms with Crippen LogP contribution in [0.5, 0.6) is 5.75 Å². The van der Waals surface area contributed by atoms with Gasteiger partial charge in [0.15, 0.2) is 5.82 Å². The second-order valence-electron chi connectivity index (χ2n) is 6.42. The summed E-state index contributed by atoms with van der Waals surface area (Å²) in [5, 5.41) is 8.60. The quantitative estimate of drug-likeness (QED) is 0.587. The SMILES string of the molecule is CCN1CCN(C(=O)C(C)Sc2nnc(-c3ccc(OC)cc3)n2N)CC1. The Bertz CT molecular complexity index is 771. The molecule has 8 nitrogen and oxygen atoms in total. The zero-order chi connectivity index (χ0) is 19.4. The van der Waals surface area contributed by atoms with Gasteiger partial charge in [-0.25, -0.2) is 4.68 Å². The normalized spacial score (nSPS) is 16.3. The largest absolute Gasteiger partial charge is 0.497 e. The highest BCUT2D eigenvalue weighted by Gasteiger charge is 2.26. The second-order valence-corrected chi connectivity index (χ2v) is 7.73. The fraction of sp³-hybridized carbons (Fsp3) is 0.500. The molecule has 1 amide bonds. The molecule has 1 atom stereocenters. The van der Waals surface area contributed by atoms with Crippen molar-refractivity contribution in [1.82, 2.24) is 24.7 Å². The van der Waals surface area contributed by atoms with Crippen LogP contribution in [0, 0.1) is 0 Å². The van der Waals surface area contributed by atoms with Gasteiger partial charge in [-0.3, -0.25) is 4.79 Å². The van der Waals surface area contributed by atoms with E-state index in [-0.39, 0.29) is 11.2 Å². The van der Waals surface area contributed by atoms with E-state index in [9.17, 15) is 4.79 Å². The van der Waals surface area contributed by atoms with Gasteiger partial charge in [0.25, 0.3) is 0 Å². The zero-order valence-electron chi connectivity index (χ0n) is 16.0. The first-order valence-corrected chi connectivity index (χ1v) is 9.94. The number of amides is 1. The third-order valence-electron chi connectivity index (χ3n) is 4.77. The van der Waals surface area contributed by atoms with E-state index in [0.29, 0.717) is 11.0 Å². The Morgan fingerprint density at radius 2 is 1.89 bits per heavy atom. The Morgan fingerprint density at radius 3 is 2.48 bits per heavy atom. The van der Waals surface area contributed by atoms with Crippen molar-refractivity contribution < 1.29 is 9.53 Å². The predicted octanol–water partition coefficient (Wildman–Crippen LogP) is 1.31. The molecule has 3 rings (SSSR count). The molecule has 0 saturated carbocycles. The van der Waals surface area contributed by atoms with Gasteiger partial charge in [-0.1, -0.05) is 18.7 Å². The monoisotopic (exact) mass is 390 g/mol. The first-order chi connectivity index (χ1) is 13.0. The summed E-state index contributed by atoms with van der Waals surface area (Å²) in [6, 6.07) is 7.45. The van der Waals surface area contributed by atoms with Crippen molar-refractivity contribution in [3.8, 4) is 17.1 Å². The van der Waals surface area contributed by atoms with Crippen LogP contribution in [-0.4, -0.2) is 75.7 Å². The minimum absolute atomic E-state index is 0.116. The van der Waals surface area contributed by atoms with Gasteiger partial charge in [-0.2, -0.15) is 0 Å². The van der Waals surface area contributed by atoms with E-state index in [4.69, 9.17) is 10.6 Å². The molecule has 1 aromatic heterocycles. The lowest BCUT2D eigenvalue weighted by atomic mass is 10.2. The highest BCUT2D eigenvalue weighted by Crippen LogP contribution is 2.26. The Morgan fingerprint density at radius 1 is 1.22 bits per heavy atom.